The zero-order chi connectivity index (χ0) is 31.5. The molecule has 1 fully saturated rings. The third-order valence-corrected chi connectivity index (χ3v) is 8.97. The molecule has 1 aliphatic heterocycles. The molecule has 1 aliphatic rings. The molecular weight excluding hydrogens is 619 g/mol. The Kier molecular flexibility index (Phi) is 9.86. The number of sulfonamides is 1. The van der Waals surface area contributed by atoms with E-state index < -0.39 is 43.5 Å². The number of halogens is 5. The molecule has 0 spiro atoms. The fourth-order valence-electron chi connectivity index (χ4n) is 5.09. The molecule has 2 heterocycles. The minimum absolute atomic E-state index is 0.0478. The molecule has 4 rings (SSSR count). The van der Waals surface area contributed by atoms with Crippen molar-refractivity contribution in [1.82, 2.24) is 25.1 Å². The second-order valence-electron chi connectivity index (χ2n) is 10.3. The Morgan fingerprint density at radius 1 is 1.12 bits per heavy atom. The molecule has 2 N–H and O–H groups in total. The van der Waals surface area contributed by atoms with Gasteiger partial charge in [-0.3, -0.25) is 4.79 Å². The highest BCUT2D eigenvalue weighted by Crippen LogP contribution is 2.34. The highest BCUT2D eigenvalue weighted by Gasteiger charge is 2.36. The van der Waals surface area contributed by atoms with Crippen molar-refractivity contribution in [1.29, 1.82) is 0 Å². The van der Waals surface area contributed by atoms with Crippen LogP contribution >= 0.6 is 0 Å². The molecule has 3 aromatic rings. The predicted octanol–water partition coefficient (Wildman–Crippen LogP) is 3.70. The first-order valence-electron chi connectivity index (χ1n) is 13.2. The van der Waals surface area contributed by atoms with Gasteiger partial charge in [-0.05, 0) is 72.7 Å². The van der Waals surface area contributed by atoms with Crippen LogP contribution in [0.4, 0.5) is 22.0 Å². The van der Waals surface area contributed by atoms with Crippen molar-refractivity contribution in [3.8, 4) is 0 Å². The van der Waals surface area contributed by atoms with Crippen LogP contribution in [0.2, 0.25) is 0 Å². The van der Waals surface area contributed by atoms with Gasteiger partial charge in [0.15, 0.2) is 17.5 Å². The number of carbonyl (C=O) groups is 1. The quantitative estimate of drug-likeness (QED) is 0.261. The lowest BCUT2D eigenvalue weighted by atomic mass is 9.89. The second kappa shape index (κ2) is 13.1. The van der Waals surface area contributed by atoms with E-state index in [0.717, 1.165) is 24.3 Å². The van der Waals surface area contributed by atoms with Gasteiger partial charge in [0.05, 0.1) is 17.7 Å². The summed E-state index contributed by atoms with van der Waals surface area (Å²) >= 11 is 0.0684. The lowest BCUT2D eigenvalue weighted by Crippen LogP contribution is -2.39. The molecule has 1 atom stereocenters. The number of tetrazole rings is 1. The van der Waals surface area contributed by atoms with Crippen LogP contribution in [0.5, 0.6) is 0 Å². The van der Waals surface area contributed by atoms with E-state index in [4.69, 9.17) is 5.14 Å². The Balaban J connectivity index is 1.36. The number of aromatic nitrogens is 4. The number of benzene rings is 2. The number of likely N-dealkylation sites (tertiary alicyclic amines) is 1. The summed E-state index contributed by atoms with van der Waals surface area (Å²) in [5, 5.41) is 15.5. The molecule has 0 bridgehead atoms. The monoisotopic (exact) mass is 647 g/mol. The number of hydrogen-bond acceptors (Lipinski definition) is 7. The van der Waals surface area contributed by atoms with Crippen molar-refractivity contribution < 1.29 is 39.4 Å². The van der Waals surface area contributed by atoms with Crippen molar-refractivity contribution in [3.63, 3.8) is 0 Å². The van der Waals surface area contributed by atoms with Crippen molar-refractivity contribution in [3.05, 3.63) is 70.0 Å². The summed E-state index contributed by atoms with van der Waals surface area (Å²) in [7, 11) is -4.48. The Morgan fingerprint density at radius 3 is 2.40 bits per heavy atom. The third-order valence-electron chi connectivity index (χ3n) is 7.37. The summed E-state index contributed by atoms with van der Waals surface area (Å²) in [6.07, 6.45) is -3.14. The number of carbonyl (C=O) groups excluding carboxylic acids is 1. The van der Waals surface area contributed by atoms with E-state index in [1.54, 1.807) is 11.8 Å². The first-order chi connectivity index (χ1) is 20.2. The molecule has 17 heteroatoms. The Labute approximate surface area is 248 Å². The minimum atomic E-state index is -4.54. The van der Waals surface area contributed by atoms with Crippen LogP contribution in [0.1, 0.15) is 59.0 Å². The van der Waals surface area contributed by atoms with E-state index in [1.807, 2.05) is 0 Å². The molecule has 0 saturated carbocycles. The van der Waals surface area contributed by atoms with Gasteiger partial charge in [0, 0.05) is 30.1 Å². The van der Waals surface area contributed by atoms with Gasteiger partial charge in [0.1, 0.15) is 4.90 Å². The number of nitrogens with zero attached hydrogens (tertiary/aromatic N) is 5. The van der Waals surface area contributed by atoms with E-state index in [1.165, 1.54) is 10.9 Å². The summed E-state index contributed by atoms with van der Waals surface area (Å²) in [5.41, 5.74) is -0.217. The Morgan fingerprint density at radius 2 is 1.81 bits per heavy atom. The fourth-order valence-corrected chi connectivity index (χ4v) is 6.32. The van der Waals surface area contributed by atoms with Gasteiger partial charge in [0.2, 0.25) is 15.9 Å². The summed E-state index contributed by atoms with van der Waals surface area (Å²) in [5.74, 6) is -2.99. The Hall–Kier alpha value is -3.44. The number of rotatable bonds is 10. The minimum Gasteiger partial charge on any atom is -0.343 e. The molecule has 10 nitrogen and oxygen atoms in total. The number of aryl methyl sites for hydroxylation is 2. The topological polar surface area (TPSA) is 141 Å². The molecule has 0 radical (unpaired) electrons. The van der Waals surface area contributed by atoms with Crippen molar-refractivity contribution >= 4 is 27.6 Å². The maximum absolute atomic E-state index is 14.6. The summed E-state index contributed by atoms with van der Waals surface area (Å²) in [6.45, 7) is 2.25. The predicted molar refractivity (Wildman–Crippen MR) is 144 cm³/mol. The zero-order valence-electron chi connectivity index (χ0n) is 22.9. The molecule has 1 saturated heterocycles. The first-order valence-corrected chi connectivity index (χ1v) is 15.5. The lowest BCUT2D eigenvalue weighted by molar-refractivity contribution is -0.137. The first kappa shape index (κ1) is 32.5. The van der Waals surface area contributed by atoms with Gasteiger partial charge in [-0.2, -0.15) is 18.0 Å². The Bertz CT molecular complexity index is 1610. The smallest absolute Gasteiger partial charge is 0.343 e. The van der Waals surface area contributed by atoms with Crippen molar-refractivity contribution in [2.75, 3.05) is 13.1 Å². The van der Waals surface area contributed by atoms with E-state index >= 15 is 0 Å². The number of hydrogen-bond donors (Lipinski definition) is 1. The summed E-state index contributed by atoms with van der Waals surface area (Å²) in [6, 6.07) is 5.21. The number of piperidine rings is 1. The molecule has 232 valence electrons. The molecule has 0 aliphatic carbocycles. The van der Waals surface area contributed by atoms with Crippen LogP contribution in [-0.4, -0.2) is 52.5 Å². The van der Waals surface area contributed by atoms with Gasteiger partial charge in [-0.25, -0.2) is 22.3 Å². The van der Waals surface area contributed by atoms with E-state index in [9.17, 15) is 39.4 Å². The average Bonchev–Trinajstić information content (AvgIpc) is 3.35. The maximum Gasteiger partial charge on any atom is 0.467 e. The lowest BCUT2D eigenvalue weighted by Gasteiger charge is -2.32. The normalized spacial score (nSPS) is 15.5. The van der Waals surface area contributed by atoms with E-state index in [0.29, 0.717) is 42.9 Å². The average molecular weight is 648 g/mol. The van der Waals surface area contributed by atoms with Crippen molar-refractivity contribution in [2.24, 2.45) is 11.1 Å². The van der Waals surface area contributed by atoms with Crippen LogP contribution in [0, 0.1) is 24.5 Å². The highest BCUT2D eigenvalue weighted by molar-refractivity contribution is 7.89. The van der Waals surface area contributed by atoms with Gasteiger partial charge < -0.3 is 4.90 Å². The number of primary sulfonamides is 1. The number of nitrogens with two attached hydrogens (primary N) is 1. The highest BCUT2D eigenvalue weighted by atomic mass is 32.2. The standard InChI is InChI=1S/C26H28F5N6O4S2/c1-15-33-35-37(34-15)14-18-13-19(26(29,30)31)4-2-17(18)3-7-23(38)36-10-8-16(9-11-36)12-21(42-39)20-5-6-22(43(32,40)41)25(28)24(20)27/h2,4-6,13,16,21H,3,7-12,14H2,1H3,(H2,32,40,41)/q+1. The number of alkyl halides is 3. The summed E-state index contributed by atoms with van der Waals surface area (Å²) < 4.78 is 104. The van der Waals surface area contributed by atoms with Crippen LogP contribution < -0.4 is 5.14 Å². The van der Waals surface area contributed by atoms with E-state index in [-0.39, 0.29) is 54.9 Å². The summed E-state index contributed by atoms with van der Waals surface area (Å²) in [4.78, 5) is 14.8. The largest absolute Gasteiger partial charge is 0.467 e. The van der Waals surface area contributed by atoms with Crippen LogP contribution in [0.15, 0.2) is 35.2 Å². The fraction of sp³-hybridized carbons (Fsp3) is 0.462. The van der Waals surface area contributed by atoms with E-state index in [2.05, 4.69) is 15.4 Å². The number of amides is 1. The zero-order valence-corrected chi connectivity index (χ0v) is 24.5. The van der Waals surface area contributed by atoms with Gasteiger partial charge in [-0.1, -0.05) is 6.07 Å². The van der Waals surface area contributed by atoms with Gasteiger partial charge in [-0.15, -0.1) is 10.2 Å². The van der Waals surface area contributed by atoms with Crippen LogP contribution in [0.3, 0.4) is 0 Å². The van der Waals surface area contributed by atoms with Crippen LogP contribution in [-0.2, 0) is 49.8 Å². The maximum atomic E-state index is 14.6. The molecule has 1 amide bonds. The molecule has 1 unspecified atom stereocenters. The molecular formula is C26H28F5N6O4S2+. The van der Waals surface area contributed by atoms with Gasteiger partial charge >= 0.3 is 17.8 Å². The second-order valence-corrected chi connectivity index (χ2v) is 12.6. The van der Waals surface area contributed by atoms with Crippen LogP contribution in [0.25, 0.3) is 0 Å². The molecule has 43 heavy (non-hydrogen) atoms. The third kappa shape index (κ3) is 7.94. The molecule has 1 aromatic heterocycles. The van der Waals surface area contributed by atoms with Crippen molar-refractivity contribution in [2.45, 2.75) is 61.9 Å². The van der Waals surface area contributed by atoms with Gasteiger partial charge in [0.25, 0.3) is 5.25 Å². The molecule has 2 aromatic carbocycles. The SMILES string of the molecule is Cc1nnn(Cc2cc(C(F)(F)F)ccc2CCC(=O)N2CCC(CC([S+]=O)c3ccc(S(N)(=O)=O)c(F)c3F)CC2)n1.